The minimum absolute atomic E-state index is 0.0146. The zero-order chi connectivity index (χ0) is 15.9. The number of nitrogens with two attached hydrogens (primary N) is 1. The van der Waals surface area contributed by atoms with Gasteiger partial charge in [0.05, 0.1) is 27.8 Å². The van der Waals surface area contributed by atoms with Crippen molar-refractivity contribution in [1.82, 2.24) is 9.78 Å². The zero-order valence-corrected chi connectivity index (χ0v) is 13.9. The third-order valence-corrected chi connectivity index (χ3v) is 5.15. The molecular formula is C12H14Cl2N4O2S. The van der Waals surface area contributed by atoms with Gasteiger partial charge in [-0.15, -0.1) is 0 Å². The summed E-state index contributed by atoms with van der Waals surface area (Å²) in [6.07, 6.45) is 0. The number of rotatable bonds is 3. The summed E-state index contributed by atoms with van der Waals surface area (Å²) in [7, 11) is -2.22. The lowest BCUT2D eigenvalue weighted by Crippen LogP contribution is -2.16. The largest absolute Gasteiger partial charge is 0.398 e. The number of nitrogens with zero attached hydrogens (tertiary/aromatic N) is 2. The van der Waals surface area contributed by atoms with Crippen molar-refractivity contribution in [3.63, 3.8) is 0 Å². The fraction of sp³-hybridized carbons (Fsp3) is 0.250. The average Bonchev–Trinajstić information content (AvgIpc) is 2.53. The molecule has 2 rings (SSSR count). The predicted octanol–water partition coefficient (Wildman–Crippen LogP) is 2.73. The van der Waals surface area contributed by atoms with E-state index in [0.29, 0.717) is 17.1 Å². The number of sulfonamides is 1. The molecule has 0 radical (unpaired) electrons. The maximum absolute atomic E-state index is 12.5. The van der Waals surface area contributed by atoms with Crippen LogP contribution in [-0.4, -0.2) is 18.2 Å². The summed E-state index contributed by atoms with van der Waals surface area (Å²) < 4.78 is 29.1. The third-order valence-electron chi connectivity index (χ3n) is 3.05. The van der Waals surface area contributed by atoms with Gasteiger partial charge in [-0.25, -0.2) is 8.42 Å². The van der Waals surface area contributed by atoms with Crippen LogP contribution in [0.3, 0.4) is 0 Å². The van der Waals surface area contributed by atoms with E-state index in [1.54, 1.807) is 25.6 Å². The molecule has 0 fully saturated rings. The zero-order valence-electron chi connectivity index (χ0n) is 11.6. The molecule has 0 unspecified atom stereocenters. The Kier molecular flexibility index (Phi) is 4.10. The second-order valence-electron chi connectivity index (χ2n) is 4.58. The SMILES string of the molecule is Cc1nn(C)c(C)c1NS(=O)(=O)c1c(N)cc(Cl)cc1Cl. The van der Waals surface area contributed by atoms with Crippen LogP contribution in [0, 0.1) is 13.8 Å². The highest BCUT2D eigenvalue weighted by Crippen LogP contribution is 2.33. The number of hydrogen-bond donors (Lipinski definition) is 2. The molecule has 114 valence electrons. The van der Waals surface area contributed by atoms with Crippen LogP contribution in [-0.2, 0) is 17.1 Å². The van der Waals surface area contributed by atoms with Gasteiger partial charge < -0.3 is 5.73 Å². The lowest BCUT2D eigenvalue weighted by Gasteiger charge is -2.12. The van der Waals surface area contributed by atoms with Crippen molar-refractivity contribution in [3.8, 4) is 0 Å². The Labute approximate surface area is 132 Å². The Morgan fingerprint density at radius 1 is 1.29 bits per heavy atom. The van der Waals surface area contributed by atoms with Crippen molar-refractivity contribution in [2.45, 2.75) is 18.7 Å². The Hall–Kier alpha value is -1.44. The highest BCUT2D eigenvalue weighted by Gasteiger charge is 2.24. The maximum Gasteiger partial charge on any atom is 0.265 e. The van der Waals surface area contributed by atoms with Gasteiger partial charge in [0.25, 0.3) is 10.0 Å². The van der Waals surface area contributed by atoms with Crippen LogP contribution < -0.4 is 10.5 Å². The highest BCUT2D eigenvalue weighted by molar-refractivity contribution is 7.93. The fourth-order valence-corrected chi connectivity index (χ4v) is 4.14. The summed E-state index contributed by atoms with van der Waals surface area (Å²) in [6.45, 7) is 3.46. The lowest BCUT2D eigenvalue weighted by atomic mass is 10.3. The van der Waals surface area contributed by atoms with E-state index in [0.717, 1.165) is 0 Å². The minimum atomic E-state index is -3.94. The van der Waals surface area contributed by atoms with Gasteiger partial charge in [0.1, 0.15) is 4.90 Å². The van der Waals surface area contributed by atoms with Crippen LogP contribution in [0.15, 0.2) is 17.0 Å². The Balaban J connectivity index is 2.54. The smallest absolute Gasteiger partial charge is 0.265 e. The number of nitrogen functional groups attached to an aromatic ring is 1. The number of hydrogen-bond acceptors (Lipinski definition) is 4. The Morgan fingerprint density at radius 3 is 2.38 bits per heavy atom. The quantitative estimate of drug-likeness (QED) is 0.834. The first kappa shape index (κ1) is 15.9. The molecule has 6 nitrogen and oxygen atoms in total. The standard InChI is InChI=1S/C12H14Cl2N4O2S/c1-6-11(7(2)18(3)16-6)17-21(19,20)12-9(14)4-8(13)5-10(12)15/h4-5,17H,15H2,1-3H3. The van der Waals surface area contributed by atoms with Crippen molar-refractivity contribution < 1.29 is 8.42 Å². The van der Waals surface area contributed by atoms with Gasteiger partial charge in [0.2, 0.25) is 0 Å². The normalized spacial score (nSPS) is 11.7. The van der Waals surface area contributed by atoms with Gasteiger partial charge in [0, 0.05) is 12.1 Å². The van der Waals surface area contributed by atoms with E-state index in [2.05, 4.69) is 9.82 Å². The molecule has 0 aliphatic rings. The second-order valence-corrected chi connectivity index (χ2v) is 7.04. The molecule has 2 aromatic rings. The van der Waals surface area contributed by atoms with E-state index in [9.17, 15) is 8.42 Å². The van der Waals surface area contributed by atoms with Crippen LogP contribution >= 0.6 is 23.2 Å². The summed E-state index contributed by atoms with van der Waals surface area (Å²) in [6, 6.07) is 2.67. The number of aromatic nitrogens is 2. The van der Waals surface area contributed by atoms with E-state index >= 15 is 0 Å². The first-order chi connectivity index (χ1) is 9.63. The molecular weight excluding hydrogens is 335 g/mol. The molecule has 1 heterocycles. The van der Waals surface area contributed by atoms with E-state index in [-0.39, 0.29) is 20.6 Å². The van der Waals surface area contributed by atoms with Gasteiger partial charge in [0.15, 0.2) is 0 Å². The van der Waals surface area contributed by atoms with E-state index in [1.807, 2.05) is 0 Å². The monoisotopic (exact) mass is 348 g/mol. The fourth-order valence-electron chi connectivity index (χ4n) is 1.97. The molecule has 21 heavy (non-hydrogen) atoms. The molecule has 3 N–H and O–H groups in total. The van der Waals surface area contributed by atoms with Gasteiger partial charge in [-0.05, 0) is 26.0 Å². The predicted molar refractivity (Wildman–Crippen MR) is 84.4 cm³/mol. The molecule has 0 aliphatic carbocycles. The van der Waals surface area contributed by atoms with Crippen LogP contribution in [0.25, 0.3) is 0 Å². The van der Waals surface area contributed by atoms with Gasteiger partial charge >= 0.3 is 0 Å². The van der Waals surface area contributed by atoms with E-state index in [4.69, 9.17) is 28.9 Å². The van der Waals surface area contributed by atoms with E-state index in [1.165, 1.54) is 12.1 Å². The van der Waals surface area contributed by atoms with E-state index < -0.39 is 10.0 Å². The molecule has 0 bridgehead atoms. The summed E-state index contributed by atoms with van der Waals surface area (Å²) in [5.41, 5.74) is 7.36. The van der Waals surface area contributed by atoms with Crippen molar-refractivity contribution in [2.75, 3.05) is 10.5 Å². The highest BCUT2D eigenvalue weighted by atomic mass is 35.5. The summed E-state index contributed by atoms with van der Waals surface area (Å²) in [4.78, 5) is -0.198. The van der Waals surface area contributed by atoms with Crippen LogP contribution in [0.2, 0.25) is 10.0 Å². The first-order valence-electron chi connectivity index (χ1n) is 5.91. The summed E-state index contributed by atoms with van der Waals surface area (Å²) in [5.74, 6) is 0. The average molecular weight is 349 g/mol. The Bertz CT molecular complexity index is 792. The van der Waals surface area contributed by atoms with Gasteiger partial charge in [-0.1, -0.05) is 23.2 Å². The molecule has 0 spiro atoms. The maximum atomic E-state index is 12.5. The third kappa shape index (κ3) is 2.95. The molecule has 0 aliphatic heterocycles. The lowest BCUT2D eigenvalue weighted by molar-refractivity contribution is 0.601. The molecule has 0 atom stereocenters. The van der Waals surface area contributed by atoms with Crippen molar-refractivity contribution in [1.29, 1.82) is 0 Å². The molecule has 0 amide bonds. The van der Waals surface area contributed by atoms with Gasteiger partial charge in [-0.2, -0.15) is 5.10 Å². The molecule has 1 aromatic heterocycles. The molecule has 0 saturated carbocycles. The first-order valence-corrected chi connectivity index (χ1v) is 8.15. The summed E-state index contributed by atoms with van der Waals surface area (Å²) in [5, 5.41) is 4.39. The second kappa shape index (κ2) is 5.40. The Morgan fingerprint density at radius 2 is 1.90 bits per heavy atom. The van der Waals surface area contributed by atoms with Gasteiger partial charge in [-0.3, -0.25) is 9.40 Å². The molecule has 1 aromatic carbocycles. The van der Waals surface area contributed by atoms with Crippen molar-refractivity contribution in [3.05, 3.63) is 33.6 Å². The number of aryl methyl sites for hydroxylation is 2. The number of nitrogens with one attached hydrogen (secondary N) is 1. The number of anilines is 2. The van der Waals surface area contributed by atoms with Crippen LogP contribution in [0.1, 0.15) is 11.4 Å². The molecule has 9 heteroatoms. The van der Waals surface area contributed by atoms with Crippen LogP contribution in [0.5, 0.6) is 0 Å². The van der Waals surface area contributed by atoms with Crippen LogP contribution in [0.4, 0.5) is 11.4 Å². The summed E-state index contributed by atoms with van der Waals surface area (Å²) >= 11 is 11.8. The number of halogens is 2. The van der Waals surface area contributed by atoms with Crippen molar-refractivity contribution in [2.24, 2.45) is 7.05 Å². The van der Waals surface area contributed by atoms with Crippen molar-refractivity contribution >= 4 is 44.6 Å². The molecule has 0 saturated heterocycles. The topological polar surface area (TPSA) is 90.0 Å². The number of benzene rings is 1. The minimum Gasteiger partial charge on any atom is -0.398 e.